The van der Waals surface area contributed by atoms with E-state index in [4.69, 9.17) is 4.74 Å². The quantitative estimate of drug-likeness (QED) is 0.457. The topological polar surface area (TPSA) is 40.6 Å². The van der Waals surface area contributed by atoms with Crippen LogP contribution >= 0.6 is 12.4 Å². The van der Waals surface area contributed by atoms with Gasteiger partial charge in [-0.25, -0.2) is 13.2 Å². The Morgan fingerprint density at radius 1 is 1.06 bits per heavy atom. The molecule has 1 aromatic heterocycles. The molecule has 0 bridgehead atoms. The number of hydrogen-bond donors (Lipinski definition) is 1. The minimum absolute atomic E-state index is 0. The van der Waals surface area contributed by atoms with Crippen LogP contribution in [0.25, 0.3) is 10.9 Å². The van der Waals surface area contributed by atoms with Crippen molar-refractivity contribution in [3.8, 4) is 5.75 Å². The Morgan fingerprint density at radius 3 is 2.38 bits per heavy atom. The molecule has 0 saturated carbocycles. The van der Waals surface area contributed by atoms with Gasteiger partial charge in [-0.15, -0.1) is 12.4 Å². The molecule has 1 fully saturated rings. The minimum Gasteiger partial charge on any atom is -0.495 e. The third kappa shape index (κ3) is 5.18. The molecule has 1 atom stereocenters. The van der Waals surface area contributed by atoms with Crippen molar-refractivity contribution in [2.24, 2.45) is 0 Å². The second kappa shape index (κ2) is 10.7. The smallest absolute Gasteiger partial charge is 0.266 e. The molecule has 5 nitrogen and oxygen atoms in total. The molecule has 1 aliphatic rings. The van der Waals surface area contributed by atoms with E-state index in [1.807, 2.05) is 25.1 Å². The first-order valence-electron chi connectivity index (χ1n) is 11.0. The average molecular weight is 495 g/mol. The number of fused-ring (bicyclic) bond motifs is 1. The Bertz CT molecular complexity index is 1150. The molecule has 2 aromatic carbocycles. The van der Waals surface area contributed by atoms with E-state index in [-0.39, 0.29) is 18.0 Å². The molecule has 34 heavy (non-hydrogen) atoms. The van der Waals surface area contributed by atoms with E-state index in [0.717, 1.165) is 66.0 Å². The van der Waals surface area contributed by atoms with E-state index in [2.05, 4.69) is 27.1 Å². The predicted octanol–water partition coefficient (Wildman–Crippen LogP) is 5.98. The van der Waals surface area contributed by atoms with Gasteiger partial charge in [0, 0.05) is 54.6 Å². The molecule has 0 amide bonds. The van der Waals surface area contributed by atoms with E-state index in [1.54, 1.807) is 14.0 Å². The highest BCUT2D eigenvalue weighted by atomic mass is 35.5. The fourth-order valence-electron chi connectivity index (χ4n) is 4.33. The van der Waals surface area contributed by atoms with Gasteiger partial charge in [-0.05, 0) is 33.0 Å². The van der Waals surface area contributed by atoms with Gasteiger partial charge in [-0.3, -0.25) is 4.98 Å². The monoisotopic (exact) mass is 494 g/mol. The lowest BCUT2D eigenvalue weighted by Gasteiger charge is -2.35. The summed E-state index contributed by atoms with van der Waals surface area (Å²) in [5.74, 6) is -0.123. The number of piperazine rings is 1. The summed E-state index contributed by atoms with van der Waals surface area (Å²) in [6.45, 7) is 7.31. The molecule has 4 rings (SSSR count). The number of rotatable bonds is 6. The summed E-state index contributed by atoms with van der Waals surface area (Å²) in [7, 11) is 3.75. The second-order valence-electron chi connectivity index (χ2n) is 8.56. The summed E-state index contributed by atoms with van der Waals surface area (Å²) < 4.78 is 46.8. The highest BCUT2D eigenvalue weighted by Crippen LogP contribution is 2.38. The maximum atomic E-state index is 14.7. The SMILES string of the molecule is COc1cc2nc(C)cc(NC(C)c3cccc(C(F)F)c3F)c2cc1N1CCN(C)CC1.Cl. The summed E-state index contributed by atoms with van der Waals surface area (Å²) in [6.07, 6.45) is -2.86. The Balaban J connectivity index is 0.00000324. The number of ether oxygens (including phenoxy) is 1. The zero-order valence-corrected chi connectivity index (χ0v) is 20.6. The third-order valence-corrected chi connectivity index (χ3v) is 6.21. The van der Waals surface area contributed by atoms with E-state index in [0.29, 0.717) is 0 Å². The molecular weight excluding hydrogens is 465 g/mol. The van der Waals surface area contributed by atoms with Crippen molar-refractivity contribution < 1.29 is 17.9 Å². The van der Waals surface area contributed by atoms with Crippen LogP contribution < -0.4 is 15.0 Å². The van der Waals surface area contributed by atoms with E-state index < -0.39 is 23.8 Å². The summed E-state index contributed by atoms with van der Waals surface area (Å²) in [5.41, 5.74) is 2.90. The molecule has 0 radical (unpaired) electrons. The van der Waals surface area contributed by atoms with E-state index in [1.165, 1.54) is 12.1 Å². The standard InChI is InChI=1S/C25H29F3N4O.ClH/c1-15-12-20(30-16(2)17-6-5-7-18(24(17)26)25(27)28)19-13-22(23(33-4)14-21(19)29-15)32-10-8-31(3)9-11-32;/h5-7,12-14,16,25H,8-11H2,1-4H3,(H,29,30);1H. The van der Waals surface area contributed by atoms with Gasteiger partial charge in [0.05, 0.1) is 29.9 Å². The van der Waals surface area contributed by atoms with Gasteiger partial charge in [-0.1, -0.05) is 18.2 Å². The molecule has 0 spiro atoms. The van der Waals surface area contributed by atoms with E-state index >= 15 is 0 Å². The summed E-state index contributed by atoms with van der Waals surface area (Å²) in [4.78, 5) is 9.23. The Hall–Kier alpha value is -2.71. The number of anilines is 2. The summed E-state index contributed by atoms with van der Waals surface area (Å²) >= 11 is 0. The van der Waals surface area contributed by atoms with Crippen molar-refractivity contribution >= 4 is 34.7 Å². The number of methoxy groups -OCH3 is 1. The van der Waals surface area contributed by atoms with Crippen molar-refractivity contribution in [3.05, 3.63) is 59.0 Å². The van der Waals surface area contributed by atoms with Crippen LogP contribution in [-0.4, -0.2) is 50.2 Å². The number of pyridine rings is 1. The first kappa shape index (κ1) is 25.9. The van der Waals surface area contributed by atoms with Crippen LogP contribution in [0.1, 0.15) is 36.2 Å². The molecule has 1 aliphatic heterocycles. The number of nitrogens with zero attached hydrogens (tertiary/aromatic N) is 3. The molecule has 1 N–H and O–H groups in total. The molecule has 0 aliphatic carbocycles. The highest BCUT2D eigenvalue weighted by Gasteiger charge is 2.22. The predicted molar refractivity (Wildman–Crippen MR) is 133 cm³/mol. The number of nitrogens with one attached hydrogen (secondary N) is 1. The van der Waals surface area contributed by atoms with Crippen LogP contribution in [0.15, 0.2) is 36.4 Å². The zero-order chi connectivity index (χ0) is 23.7. The number of likely N-dealkylation sites (N-methyl/N-ethyl adjacent to an activating group) is 1. The zero-order valence-electron chi connectivity index (χ0n) is 19.7. The van der Waals surface area contributed by atoms with Crippen molar-refractivity contribution in [2.75, 3.05) is 50.6 Å². The Kier molecular flexibility index (Phi) is 8.15. The Labute approximate surface area is 204 Å². The van der Waals surface area contributed by atoms with Gasteiger partial charge in [0.2, 0.25) is 0 Å². The molecule has 184 valence electrons. The normalized spacial score (nSPS) is 15.4. The highest BCUT2D eigenvalue weighted by molar-refractivity contribution is 5.96. The van der Waals surface area contributed by atoms with Gasteiger partial charge < -0.3 is 19.9 Å². The maximum absolute atomic E-state index is 14.7. The summed E-state index contributed by atoms with van der Waals surface area (Å²) in [5, 5.41) is 4.20. The fourth-order valence-corrected chi connectivity index (χ4v) is 4.33. The average Bonchev–Trinajstić information content (AvgIpc) is 2.78. The first-order chi connectivity index (χ1) is 15.8. The van der Waals surface area contributed by atoms with Crippen molar-refractivity contribution in [3.63, 3.8) is 0 Å². The number of aromatic nitrogens is 1. The number of alkyl halides is 2. The first-order valence-corrected chi connectivity index (χ1v) is 11.0. The van der Waals surface area contributed by atoms with Crippen LogP contribution in [-0.2, 0) is 0 Å². The van der Waals surface area contributed by atoms with Crippen LogP contribution in [0.3, 0.4) is 0 Å². The van der Waals surface area contributed by atoms with E-state index in [9.17, 15) is 13.2 Å². The van der Waals surface area contributed by atoms with Crippen molar-refractivity contribution in [1.82, 2.24) is 9.88 Å². The third-order valence-electron chi connectivity index (χ3n) is 6.21. The van der Waals surface area contributed by atoms with Crippen LogP contribution in [0, 0.1) is 12.7 Å². The van der Waals surface area contributed by atoms with Crippen molar-refractivity contribution in [1.29, 1.82) is 0 Å². The molecule has 9 heteroatoms. The maximum Gasteiger partial charge on any atom is 0.266 e. The number of benzene rings is 2. The molecule has 1 unspecified atom stereocenters. The number of halogens is 4. The second-order valence-corrected chi connectivity index (χ2v) is 8.56. The van der Waals surface area contributed by atoms with Gasteiger partial charge in [0.15, 0.2) is 0 Å². The largest absolute Gasteiger partial charge is 0.495 e. The summed E-state index contributed by atoms with van der Waals surface area (Å²) in [6, 6.07) is 9.46. The van der Waals surface area contributed by atoms with Gasteiger partial charge >= 0.3 is 0 Å². The lowest BCUT2D eigenvalue weighted by atomic mass is 10.0. The van der Waals surface area contributed by atoms with Crippen LogP contribution in [0.2, 0.25) is 0 Å². The molecular formula is C25H30ClF3N4O. The molecule has 1 saturated heterocycles. The number of hydrogen-bond acceptors (Lipinski definition) is 5. The lowest BCUT2D eigenvalue weighted by Crippen LogP contribution is -2.44. The van der Waals surface area contributed by atoms with Gasteiger partial charge in [-0.2, -0.15) is 0 Å². The lowest BCUT2D eigenvalue weighted by molar-refractivity contribution is 0.146. The van der Waals surface area contributed by atoms with Crippen LogP contribution in [0.4, 0.5) is 24.5 Å². The Morgan fingerprint density at radius 2 is 1.74 bits per heavy atom. The van der Waals surface area contributed by atoms with Crippen molar-refractivity contribution in [2.45, 2.75) is 26.3 Å². The van der Waals surface area contributed by atoms with Crippen LogP contribution in [0.5, 0.6) is 5.75 Å². The van der Waals surface area contributed by atoms with Gasteiger partial charge in [0.1, 0.15) is 11.6 Å². The number of aryl methyl sites for hydroxylation is 1. The fraction of sp³-hybridized carbons (Fsp3) is 0.400. The van der Waals surface area contributed by atoms with Gasteiger partial charge in [0.25, 0.3) is 6.43 Å². The molecule has 3 aromatic rings. The molecule has 2 heterocycles. The minimum atomic E-state index is -2.86.